The molecule has 1 aromatic carbocycles. The van der Waals surface area contributed by atoms with Crippen LogP contribution in [0.1, 0.15) is 5.01 Å². The Morgan fingerprint density at radius 1 is 1.14 bits per heavy atom. The molecule has 0 bridgehead atoms. The topological polar surface area (TPSA) is 12.9 Å². The number of aryl methyl sites for hydroxylation is 1. The van der Waals surface area contributed by atoms with Crippen LogP contribution in [0.2, 0.25) is 0 Å². The molecule has 4 heteroatoms. The Hall–Kier alpha value is -0.190. The number of hydrogen-bond acceptors (Lipinski definition) is 2. The van der Waals surface area contributed by atoms with E-state index in [9.17, 15) is 0 Å². The third kappa shape index (κ3) is 2.24. The molecule has 0 amide bonds. The van der Waals surface area contributed by atoms with Gasteiger partial charge in [0.15, 0.2) is 0 Å². The van der Waals surface area contributed by atoms with Gasteiger partial charge in [0.25, 0.3) is 0 Å². The lowest BCUT2D eigenvalue weighted by Crippen LogP contribution is -1.79. The maximum absolute atomic E-state index is 4.44. The molecular weight excluding hydrogens is 326 g/mol. The first kappa shape index (κ1) is 10.3. The molecule has 0 aliphatic carbocycles. The molecule has 0 spiro atoms. The summed E-state index contributed by atoms with van der Waals surface area (Å²) >= 11 is 8.59. The van der Waals surface area contributed by atoms with Gasteiger partial charge in [0.05, 0.1) is 10.7 Å². The summed E-state index contributed by atoms with van der Waals surface area (Å²) < 4.78 is 2.13. The molecule has 0 saturated heterocycles. The summed E-state index contributed by atoms with van der Waals surface area (Å²) in [5, 5.41) is 3.17. The number of aromatic nitrogens is 1. The zero-order chi connectivity index (χ0) is 10.1. The Balaban J connectivity index is 2.51. The Morgan fingerprint density at radius 3 is 2.29 bits per heavy atom. The maximum Gasteiger partial charge on any atom is 0.0901 e. The lowest BCUT2D eigenvalue weighted by molar-refractivity contribution is 1.29. The van der Waals surface area contributed by atoms with Crippen LogP contribution in [0, 0.1) is 6.92 Å². The molecule has 2 rings (SSSR count). The van der Waals surface area contributed by atoms with Crippen LogP contribution < -0.4 is 0 Å². The smallest absolute Gasteiger partial charge is 0.0901 e. The van der Waals surface area contributed by atoms with Gasteiger partial charge in [-0.2, -0.15) is 0 Å². The highest BCUT2D eigenvalue weighted by Crippen LogP contribution is 2.28. The Kier molecular flexibility index (Phi) is 3.04. The van der Waals surface area contributed by atoms with Crippen molar-refractivity contribution >= 4 is 43.2 Å². The van der Waals surface area contributed by atoms with Crippen LogP contribution in [0.3, 0.4) is 0 Å². The van der Waals surface area contributed by atoms with Crippen LogP contribution in [0.4, 0.5) is 0 Å². The van der Waals surface area contributed by atoms with Crippen molar-refractivity contribution in [2.24, 2.45) is 0 Å². The van der Waals surface area contributed by atoms with Gasteiger partial charge in [-0.3, -0.25) is 0 Å². The normalized spacial score (nSPS) is 10.5. The van der Waals surface area contributed by atoms with Crippen molar-refractivity contribution in [1.82, 2.24) is 4.98 Å². The first-order chi connectivity index (χ1) is 6.65. The molecule has 0 fully saturated rings. The van der Waals surface area contributed by atoms with E-state index in [1.54, 1.807) is 11.3 Å². The van der Waals surface area contributed by atoms with E-state index in [0.29, 0.717) is 0 Å². The number of benzene rings is 1. The number of halogens is 2. The maximum atomic E-state index is 4.44. The van der Waals surface area contributed by atoms with E-state index in [4.69, 9.17) is 0 Å². The van der Waals surface area contributed by atoms with Gasteiger partial charge in [-0.1, -0.05) is 31.9 Å². The fraction of sp³-hybridized carbons (Fsp3) is 0.100. The van der Waals surface area contributed by atoms with E-state index in [-0.39, 0.29) is 0 Å². The second-order valence-corrected chi connectivity index (χ2v) is 5.80. The third-order valence-corrected chi connectivity index (χ3v) is 3.47. The third-order valence-electron chi connectivity index (χ3n) is 1.78. The summed E-state index contributed by atoms with van der Waals surface area (Å²) in [4.78, 5) is 4.44. The van der Waals surface area contributed by atoms with E-state index < -0.39 is 0 Å². The summed E-state index contributed by atoms with van der Waals surface area (Å²) in [7, 11) is 0. The van der Waals surface area contributed by atoms with Gasteiger partial charge in [-0.15, -0.1) is 11.3 Å². The fourth-order valence-electron chi connectivity index (χ4n) is 1.20. The summed E-state index contributed by atoms with van der Waals surface area (Å²) in [6.45, 7) is 2.02. The fourth-order valence-corrected chi connectivity index (χ4v) is 3.11. The van der Waals surface area contributed by atoms with Crippen molar-refractivity contribution in [1.29, 1.82) is 0 Å². The van der Waals surface area contributed by atoms with Crippen LogP contribution in [0.25, 0.3) is 11.3 Å². The second kappa shape index (κ2) is 4.13. The predicted molar refractivity (Wildman–Crippen MR) is 67.7 cm³/mol. The number of nitrogens with zero attached hydrogens (tertiary/aromatic N) is 1. The number of rotatable bonds is 1. The minimum Gasteiger partial charge on any atom is -0.242 e. The molecule has 0 radical (unpaired) electrons. The molecule has 0 saturated carbocycles. The lowest BCUT2D eigenvalue weighted by Gasteiger charge is -1.99. The summed E-state index contributed by atoms with van der Waals surface area (Å²) in [6, 6.07) is 6.15. The van der Waals surface area contributed by atoms with E-state index in [1.807, 2.05) is 13.0 Å². The van der Waals surface area contributed by atoms with Gasteiger partial charge in [0, 0.05) is 19.9 Å². The molecule has 0 atom stereocenters. The minimum absolute atomic E-state index is 1.04. The van der Waals surface area contributed by atoms with Gasteiger partial charge in [-0.05, 0) is 25.1 Å². The van der Waals surface area contributed by atoms with Crippen LogP contribution in [-0.2, 0) is 0 Å². The second-order valence-electron chi connectivity index (χ2n) is 2.91. The molecule has 72 valence electrons. The first-order valence-electron chi connectivity index (χ1n) is 4.04. The molecule has 0 N–H and O–H groups in total. The molecule has 0 aliphatic rings. The standard InChI is InChI=1S/C10H7Br2NS/c1-6-13-10(5-14-6)7-2-8(11)4-9(12)3-7/h2-5H,1H3. The summed E-state index contributed by atoms with van der Waals surface area (Å²) in [5.74, 6) is 0. The average molecular weight is 333 g/mol. The van der Waals surface area contributed by atoms with Crippen molar-refractivity contribution in [3.8, 4) is 11.3 Å². The van der Waals surface area contributed by atoms with Crippen LogP contribution in [0.5, 0.6) is 0 Å². The Morgan fingerprint density at radius 2 is 1.79 bits per heavy atom. The molecule has 1 heterocycles. The lowest BCUT2D eigenvalue weighted by atomic mass is 10.2. The van der Waals surface area contributed by atoms with Crippen molar-refractivity contribution in [2.75, 3.05) is 0 Å². The van der Waals surface area contributed by atoms with E-state index >= 15 is 0 Å². The average Bonchev–Trinajstić information content (AvgIpc) is 2.50. The highest BCUT2D eigenvalue weighted by Gasteiger charge is 2.03. The van der Waals surface area contributed by atoms with Gasteiger partial charge < -0.3 is 0 Å². The highest BCUT2D eigenvalue weighted by molar-refractivity contribution is 9.11. The van der Waals surface area contributed by atoms with Gasteiger partial charge in [0.1, 0.15) is 0 Å². The van der Waals surface area contributed by atoms with E-state index in [1.165, 1.54) is 0 Å². The summed E-state index contributed by atoms with van der Waals surface area (Å²) in [6.07, 6.45) is 0. The Labute approximate surface area is 103 Å². The Bertz CT molecular complexity index is 445. The molecule has 1 nitrogen and oxygen atoms in total. The van der Waals surface area contributed by atoms with Crippen LogP contribution in [-0.4, -0.2) is 4.98 Å². The first-order valence-corrected chi connectivity index (χ1v) is 6.50. The largest absolute Gasteiger partial charge is 0.242 e. The zero-order valence-electron chi connectivity index (χ0n) is 7.42. The predicted octanol–water partition coefficient (Wildman–Crippen LogP) is 4.64. The van der Waals surface area contributed by atoms with Crippen molar-refractivity contribution in [3.63, 3.8) is 0 Å². The SMILES string of the molecule is Cc1nc(-c2cc(Br)cc(Br)c2)cs1. The minimum atomic E-state index is 1.04. The molecular formula is C10H7Br2NS. The highest BCUT2D eigenvalue weighted by atomic mass is 79.9. The monoisotopic (exact) mass is 331 g/mol. The van der Waals surface area contributed by atoms with Crippen molar-refractivity contribution < 1.29 is 0 Å². The number of hydrogen-bond donors (Lipinski definition) is 0. The molecule has 1 aromatic heterocycles. The van der Waals surface area contributed by atoms with Crippen LogP contribution in [0.15, 0.2) is 32.5 Å². The van der Waals surface area contributed by atoms with E-state index in [0.717, 1.165) is 25.2 Å². The quantitative estimate of drug-likeness (QED) is 0.741. The van der Waals surface area contributed by atoms with Gasteiger partial charge in [-0.25, -0.2) is 4.98 Å². The molecule has 0 unspecified atom stereocenters. The van der Waals surface area contributed by atoms with Crippen molar-refractivity contribution in [3.05, 3.63) is 37.5 Å². The van der Waals surface area contributed by atoms with Gasteiger partial charge >= 0.3 is 0 Å². The van der Waals surface area contributed by atoms with Crippen molar-refractivity contribution in [2.45, 2.75) is 6.92 Å². The van der Waals surface area contributed by atoms with Crippen LogP contribution >= 0.6 is 43.2 Å². The number of thiazole rings is 1. The van der Waals surface area contributed by atoms with Gasteiger partial charge in [0.2, 0.25) is 0 Å². The molecule has 14 heavy (non-hydrogen) atoms. The zero-order valence-corrected chi connectivity index (χ0v) is 11.4. The molecule has 2 aromatic rings. The molecule has 0 aliphatic heterocycles. The van der Waals surface area contributed by atoms with E-state index in [2.05, 4.69) is 54.4 Å². The summed E-state index contributed by atoms with van der Waals surface area (Å²) in [5.41, 5.74) is 2.17.